The molecule has 2 aromatic carbocycles. The zero-order valence-electron chi connectivity index (χ0n) is 13.9. The van der Waals surface area contributed by atoms with Crippen LogP contribution in [0.2, 0.25) is 0 Å². The minimum absolute atomic E-state index is 0.0914. The second kappa shape index (κ2) is 7.04. The lowest BCUT2D eigenvalue weighted by Crippen LogP contribution is -2.37. The first-order chi connectivity index (χ1) is 12.0. The molecule has 1 heterocycles. The second-order valence-electron chi connectivity index (χ2n) is 5.68. The molecule has 0 aliphatic carbocycles. The van der Waals surface area contributed by atoms with Crippen molar-refractivity contribution < 1.29 is 14.1 Å². The Kier molecular flexibility index (Phi) is 4.65. The SMILES string of the molecule is Cc1cc(NC(=O)N(C)CC(=O)Nc2cccc3ccccc23)no1. The Labute approximate surface area is 144 Å². The van der Waals surface area contributed by atoms with Crippen molar-refractivity contribution in [1.82, 2.24) is 10.1 Å². The van der Waals surface area contributed by atoms with E-state index in [2.05, 4.69) is 15.8 Å². The third-order valence-electron chi connectivity index (χ3n) is 3.65. The number of nitrogens with one attached hydrogen (secondary N) is 2. The van der Waals surface area contributed by atoms with Crippen molar-refractivity contribution in [2.24, 2.45) is 0 Å². The summed E-state index contributed by atoms with van der Waals surface area (Å²) < 4.78 is 4.88. The summed E-state index contributed by atoms with van der Waals surface area (Å²) in [6.07, 6.45) is 0. The largest absolute Gasteiger partial charge is 0.360 e. The maximum absolute atomic E-state index is 12.3. The van der Waals surface area contributed by atoms with Gasteiger partial charge in [0.05, 0.1) is 0 Å². The first-order valence-corrected chi connectivity index (χ1v) is 7.76. The molecule has 3 amide bonds. The van der Waals surface area contributed by atoms with Crippen molar-refractivity contribution in [2.75, 3.05) is 24.2 Å². The van der Waals surface area contributed by atoms with Gasteiger partial charge in [-0.05, 0) is 18.4 Å². The molecular weight excluding hydrogens is 320 g/mol. The predicted molar refractivity (Wildman–Crippen MR) is 95.5 cm³/mol. The molecule has 0 bridgehead atoms. The highest BCUT2D eigenvalue weighted by Gasteiger charge is 2.15. The number of amides is 3. The molecule has 0 saturated heterocycles. The molecule has 0 unspecified atom stereocenters. The monoisotopic (exact) mass is 338 g/mol. The van der Waals surface area contributed by atoms with Crippen LogP contribution in [0.5, 0.6) is 0 Å². The van der Waals surface area contributed by atoms with Gasteiger partial charge in [0.2, 0.25) is 5.91 Å². The zero-order chi connectivity index (χ0) is 17.8. The molecule has 0 aliphatic rings. The van der Waals surface area contributed by atoms with Crippen LogP contribution in [0.4, 0.5) is 16.3 Å². The summed E-state index contributed by atoms with van der Waals surface area (Å²) in [4.78, 5) is 25.6. The van der Waals surface area contributed by atoms with Gasteiger partial charge in [0.1, 0.15) is 12.3 Å². The predicted octanol–water partition coefficient (Wildman–Crippen LogP) is 3.24. The van der Waals surface area contributed by atoms with Crippen LogP contribution in [0.1, 0.15) is 5.76 Å². The van der Waals surface area contributed by atoms with Crippen LogP contribution in [-0.2, 0) is 4.79 Å². The summed E-state index contributed by atoms with van der Waals surface area (Å²) >= 11 is 0. The van der Waals surface area contributed by atoms with Crippen molar-refractivity contribution in [3.05, 3.63) is 54.3 Å². The van der Waals surface area contributed by atoms with Crippen molar-refractivity contribution in [1.29, 1.82) is 0 Å². The Balaban J connectivity index is 1.62. The van der Waals surface area contributed by atoms with Gasteiger partial charge in [0.15, 0.2) is 5.82 Å². The number of benzene rings is 2. The van der Waals surface area contributed by atoms with Crippen LogP contribution in [0, 0.1) is 6.92 Å². The number of aryl methyl sites for hydroxylation is 1. The van der Waals surface area contributed by atoms with E-state index in [-0.39, 0.29) is 12.5 Å². The van der Waals surface area contributed by atoms with Gasteiger partial charge in [-0.15, -0.1) is 0 Å². The summed E-state index contributed by atoms with van der Waals surface area (Å²) in [5.41, 5.74) is 0.712. The molecule has 0 fully saturated rings. The molecule has 3 aromatic rings. The molecule has 0 saturated carbocycles. The molecule has 7 heteroatoms. The van der Waals surface area contributed by atoms with Crippen molar-refractivity contribution >= 4 is 34.2 Å². The van der Waals surface area contributed by atoms with E-state index in [0.717, 1.165) is 10.8 Å². The molecule has 3 rings (SSSR count). The number of carbonyl (C=O) groups is 2. The zero-order valence-corrected chi connectivity index (χ0v) is 13.9. The molecule has 128 valence electrons. The highest BCUT2D eigenvalue weighted by atomic mass is 16.5. The number of carbonyl (C=O) groups excluding carboxylic acids is 2. The first kappa shape index (κ1) is 16.5. The Bertz CT molecular complexity index is 914. The molecule has 0 radical (unpaired) electrons. The van der Waals surface area contributed by atoms with Crippen LogP contribution in [0.25, 0.3) is 10.8 Å². The van der Waals surface area contributed by atoms with Crippen molar-refractivity contribution in [2.45, 2.75) is 6.92 Å². The number of rotatable bonds is 4. The molecule has 1 aromatic heterocycles. The highest BCUT2D eigenvalue weighted by molar-refractivity contribution is 6.03. The van der Waals surface area contributed by atoms with E-state index in [1.807, 2.05) is 42.5 Å². The molecule has 7 nitrogen and oxygen atoms in total. The van der Waals surface area contributed by atoms with Crippen molar-refractivity contribution in [3.63, 3.8) is 0 Å². The minimum atomic E-state index is -0.443. The van der Waals surface area contributed by atoms with Crippen LogP contribution >= 0.6 is 0 Å². The summed E-state index contributed by atoms with van der Waals surface area (Å²) in [6, 6.07) is 14.6. The Morgan fingerprint density at radius 2 is 1.88 bits per heavy atom. The van der Waals surface area contributed by atoms with Gasteiger partial charge in [0, 0.05) is 24.2 Å². The topological polar surface area (TPSA) is 87.5 Å². The number of hydrogen-bond acceptors (Lipinski definition) is 4. The third-order valence-corrected chi connectivity index (χ3v) is 3.65. The van der Waals surface area contributed by atoms with Gasteiger partial charge in [-0.2, -0.15) is 0 Å². The van der Waals surface area contributed by atoms with Gasteiger partial charge in [-0.1, -0.05) is 41.6 Å². The van der Waals surface area contributed by atoms with E-state index < -0.39 is 6.03 Å². The smallest absolute Gasteiger partial charge is 0.323 e. The Hall–Kier alpha value is -3.35. The number of hydrogen-bond donors (Lipinski definition) is 2. The van der Waals surface area contributed by atoms with E-state index in [0.29, 0.717) is 17.3 Å². The molecule has 0 atom stereocenters. The summed E-state index contributed by atoms with van der Waals surface area (Å²) in [7, 11) is 1.53. The van der Waals surface area contributed by atoms with E-state index >= 15 is 0 Å². The number of urea groups is 1. The quantitative estimate of drug-likeness (QED) is 0.764. The molecule has 2 N–H and O–H groups in total. The van der Waals surface area contributed by atoms with Crippen LogP contribution in [0.3, 0.4) is 0 Å². The average Bonchev–Trinajstić information content (AvgIpc) is 3.00. The highest BCUT2D eigenvalue weighted by Crippen LogP contribution is 2.22. The van der Waals surface area contributed by atoms with Gasteiger partial charge in [-0.3, -0.25) is 10.1 Å². The molecule has 0 spiro atoms. The fourth-order valence-corrected chi connectivity index (χ4v) is 2.44. The lowest BCUT2D eigenvalue weighted by atomic mass is 10.1. The van der Waals surface area contributed by atoms with Crippen molar-refractivity contribution in [3.8, 4) is 0 Å². The molecule has 25 heavy (non-hydrogen) atoms. The number of aromatic nitrogens is 1. The van der Waals surface area contributed by atoms with Gasteiger partial charge < -0.3 is 14.7 Å². The van der Waals surface area contributed by atoms with Crippen LogP contribution in [0.15, 0.2) is 53.1 Å². The lowest BCUT2D eigenvalue weighted by molar-refractivity contribution is -0.116. The maximum Gasteiger partial charge on any atom is 0.323 e. The average molecular weight is 338 g/mol. The lowest BCUT2D eigenvalue weighted by Gasteiger charge is -2.17. The van der Waals surface area contributed by atoms with Gasteiger partial charge >= 0.3 is 6.03 Å². The van der Waals surface area contributed by atoms with E-state index in [1.54, 1.807) is 13.0 Å². The van der Waals surface area contributed by atoms with E-state index in [1.165, 1.54) is 11.9 Å². The summed E-state index contributed by atoms with van der Waals surface area (Å²) in [5, 5.41) is 11.1. The number of fused-ring (bicyclic) bond motifs is 1. The second-order valence-corrected chi connectivity index (χ2v) is 5.68. The Morgan fingerprint density at radius 1 is 1.12 bits per heavy atom. The number of anilines is 2. The summed E-state index contributed by atoms with van der Waals surface area (Å²) in [6.45, 7) is 1.63. The number of likely N-dealkylation sites (N-methyl/N-ethyl adjacent to an activating group) is 1. The standard InChI is InChI=1S/C18H18N4O3/c1-12-10-16(21-25-12)20-18(24)22(2)11-17(23)19-15-9-5-7-13-6-3-4-8-14(13)15/h3-10H,11H2,1-2H3,(H,19,23)(H,20,21,24). The van der Waals surface area contributed by atoms with Crippen LogP contribution < -0.4 is 10.6 Å². The van der Waals surface area contributed by atoms with Crippen LogP contribution in [-0.4, -0.2) is 35.6 Å². The fraction of sp³-hybridized carbons (Fsp3) is 0.167. The Morgan fingerprint density at radius 3 is 2.64 bits per heavy atom. The normalized spacial score (nSPS) is 10.5. The van der Waals surface area contributed by atoms with Gasteiger partial charge in [-0.25, -0.2) is 4.79 Å². The third kappa shape index (κ3) is 3.95. The maximum atomic E-state index is 12.3. The first-order valence-electron chi connectivity index (χ1n) is 7.76. The van der Waals surface area contributed by atoms with E-state index in [4.69, 9.17) is 4.52 Å². The summed E-state index contributed by atoms with van der Waals surface area (Å²) in [5.74, 6) is 0.612. The fourth-order valence-electron chi connectivity index (χ4n) is 2.44. The number of nitrogens with zero attached hydrogens (tertiary/aromatic N) is 2. The minimum Gasteiger partial charge on any atom is -0.360 e. The molecule has 0 aliphatic heterocycles. The molecular formula is C18H18N4O3. The van der Waals surface area contributed by atoms with E-state index in [9.17, 15) is 9.59 Å². The van der Waals surface area contributed by atoms with Gasteiger partial charge in [0.25, 0.3) is 0 Å².